The van der Waals surface area contributed by atoms with Crippen molar-refractivity contribution in [1.29, 1.82) is 0 Å². The number of ketones is 1. The summed E-state index contributed by atoms with van der Waals surface area (Å²) in [5.41, 5.74) is 1.01. The van der Waals surface area contributed by atoms with Gasteiger partial charge in [-0.25, -0.2) is 4.39 Å². The summed E-state index contributed by atoms with van der Waals surface area (Å²) in [7, 11) is 1.51. The predicted octanol–water partition coefficient (Wildman–Crippen LogP) is 2.37. The van der Waals surface area contributed by atoms with Gasteiger partial charge in [0.1, 0.15) is 11.5 Å². The monoisotopic (exact) mass is 409 g/mol. The highest BCUT2D eigenvalue weighted by atomic mass is 35.5. The molecular formula is C19H21ClFN3O4. The molecule has 1 heterocycles. The number of Topliss-reactive ketones (excluding diaryl/α,β-unsaturated/α-hetero) is 1. The normalized spacial score (nSPS) is 11.8. The maximum Gasteiger partial charge on any atom is 0.294 e. The van der Waals surface area contributed by atoms with Crippen molar-refractivity contribution in [1.82, 2.24) is 9.88 Å². The van der Waals surface area contributed by atoms with E-state index in [9.17, 15) is 18.8 Å². The molecule has 7 nitrogen and oxygen atoms in total. The maximum absolute atomic E-state index is 13.4. The fourth-order valence-electron chi connectivity index (χ4n) is 2.63. The Morgan fingerprint density at radius 1 is 1.29 bits per heavy atom. The van der Waals surface area contributed by atoms with E-state index >= 15 is 0 Å². The number of aromatic nitrogens is 1. The fourth-order valence-corrected chi connectivity index (χ4v) is 3.07. The highest BCUT2D eigenvalue weighted by Gasteiger charge is 2.30. The molecule has 0 unspecified atom stereocenters. The number of carbonyl (C=O) groups is 3. The van der Waals surface area contributed by atoms with Gasteiger partial charge in [-0.3, -0.25) is 14.4 Å². The van der Waals surface area contributed by atoms with E-state index in [1.54, 1.807) is 13.8 Å². The number of hydrogen-bond donors (Lipinski definition) is 3. The number of nitrogens with zero attached hydrogens (tertiary/aromatic N) is 1. The molecular weight excluding hydrogens is 389 g/mol. The molecule has 9 heteroatoms. The summed E-state index contributed by atoms with van der Waals surface area (Å²) < 4.78 is 14.8. The lowest BCUT2D eigenvalue weighted by molar-refractivity contribution is -0.117. The van der Waals surface area contributed by atoms with Gasteiger partial charge in [-0.05, 0) is 44.5 Å². The molecule has 0 bridgehead atoms. The molecule has 0 fully saturated rings. The number of halogens is 2. The number of anilines is 1. The first-order valence-electron chi connectivity index (χ1n) is 8.46. The summed E-state index contributed by atoms with van der Waals surface area (Å²) in [4.78, 5) is 37.3. The number of nitrogens with one attached hydrogen (secondary N) is 2. The van der Waals surface area contributed by atoms with Gasteiger partial charge in [0.25, 0.3) is 17.6 Å². The van der Waals surface area contributed by atoms with E-state index in [4.69, 9.17) is 16.7 Å². The second-order valence-electron chi connectivity index (χ2n) is 6.49. The van der Waals surface area contributed by atoms with Crippen LogP contribution in [0, 0.1) is 19.7 Å². The van der Waals surface area contributed by atoms with Crippen molar-refractivity contribution in [3.05, 3.63) is 51.6 Å². The first-order valence-corrected chi connectivity index (χ1v) is 8.84. The number of aliphatic hydroxyl groups is 1. The molecule has 1 atom stereocenters. The summed E-state index contributed by atoms with van der Waals surface area (Å²) in [6, 6.07) is 3.49. The largest absolute Gasteiger partial charge is 0.394 e. The maximum atomic E-state index is 13.4. The number of rotatable bonds is 6. The predicted molar refractivity (Wildman–Crippen MR) is 103 cm³/mol. The van der Waals surface area contributed by atoms with E-state index in [1.165, 1.54) is 36.7 Å². The number of aliphatic hydroxyl groups excluding tert-OH is 1. The van der Waals surface area contributed by atoms with Gasteiger partial charge >= 0.3 is 0 Å². The topological polar surface area (TPSA) is 100 Å². The number of hydrogen-bond acceptors (Lipinski definition) is 4. The molecule has 2 amide bonds. The van der Waals surface area contributed by atoms with E-state index in [0.717, 1.165) is 0 Å². The Kier molecular flexibility index (Phi) is 6.58. The number of carbonyl (C=O) groups excluding carboxylic acids is 3. The van der Waals surface area contributed by atoms with Crippen LogP contribution in [0.15, 0.2) is 18.2 Å². The van der Waals surface area contributed by atoms with Crippen LogP contribution in [0.5, 0.6) is 0 Å². The van der Waals surface area contributed by atoms with Gasteiger partial charge in [0.2, 0.25) is 0 Å². The lowest BCUT2D eigenvalue weighted by atomic mass is 10.1. The van der Waals surface area contributed by atoms with Crippen LogP contribution in [0.4, 0.5) is 10.1 Å². The quantitative estimate of drug-likeness (QED) is 0.503. The third kappa shape index (κ3) is 4.23. The average molecular weight is 410 g/mol. The van der Waals surface area contributed by atoms with Crippen molar-refractivity contribution >= 4 is 34.9 Å². The number of benzene rings is 1. The van der Waals surface area contributed by atoms with E-state index in [0.29, 0.717) is 16.9 Å². The zero-order valence-corrected chi connectivity index (χ0v) is 16.6. The summed E-state index contributed by atoms with van der Waals surface area (Å²) in [6.07, 6.45) is 0. The van der Waals surface area contributed by atoms with Crippen LogP contribution in [0.3, 0.4) is 0 Å². The SMILES string of the molecule is Cc1cc(NC(=O)c2c(Cl)c(C(=O)C(=O)N[C@@H](C)CO)n(C)c2C)ccc1F. The Labute approximate surface area is 166 Å². The van der Waals surface area contributed by atoms with Crippen molar-refractivity contribution in [2.75, 3.05) is 11.9 Å². The highest BCUT2D eigenvalue weighted by molar-refractivity contribution is 6.48. The van der Waals surface area contributed by atoms with Crippen molar-refractivity contribution in [2.24, 2.45) is 7.05 Å². The Balaban J connectivity index is 2.35. The summed E-state index contributed by atoms with van der Waals surface area (Å²) in [6.45, 7) is 4.35. The third-order valence-electron chi connectivity index (χ3n) is 4.34. The van der Waals surface area contributed by atoms with Gasteiger partial charge in [-0.15, -0.1) is 0 Å². The van der Waals surface area contributed by atoms with Gasteiger partial charge in [0.15, 0.2) is 0 Å². The van der Waals surface area contributed by atoms with Crippen LogP contribution in [-0.4, -0.2) is 39.9 Å². The molecule has 150 valence electrons. The van der Waals surface area contributed by atoms with Gasteiger partial charge in [0.05, 0.1) is 17.2 Å². The molecule has 0 aliphatic carbocycles. The van der Waals surface area contributed by atoms with Crippen LogP contribution < -0.4 is 10.6 Å². The van der Waals surface area contributed by atoms with Crippen molar-refractivity contribution in [3.63, 3.8) is 0 Å². The first kappa shape index (κ1) is 21.6. The van der Waals surface area contributed by atoms with E-state index < -0.39 is 29.5 Å². The lowest BCUT2D eigenvalue weighted by Crippen LogP contribution is -2.40. The molecule has 3 N–H and O–H groups in total. The molecule has 28 heavy (non-hydrogen) atoms. The first-order chi connectivity index (χ1) is 13.1. The Hall–Kier alpha value is -2.71. The summed E-state index contributed by atoms with van der Waals surface area (Å²) in [5, 5.41) is 13.8. The van der Waals surface area contributed by atoms with Crippen LogP contribution in [-0.2, 0) is 11.8 Å². The van der Waals surface area contributed by atoms with E-state index in [1.807, 2.05) is 0 Å². The second-order valence-corrected chi connectivity index (χ2v) is 6.86. The molecule has 2 aromatic rings. The lowest BCUT2D eigenvalue weighted by Gasteiger charge is -2.10. The zero-order chi connectivity index (χ0) is 21.2. The standard InChI is InChI=1S/C19H21ClFN3O4/c1-9-7-12(5-6-13(9)21)23-18(27)14-11(3)24(4)16(15(14)20)17(26)19(28)22-10(2)8-25/h5-7,10,25H,8H2,1-4H3,(H,22,28)(H,23,27)/t10-/m0/s1. The van der Waals surface area contributed by atoms with Crippen LogP contribution in [0.2, 0.25) is 5.02 Å². The molecule has 0 aliphatic heterocycles. The zero-order valence-electron chi connectivity index (χ0n) is 15.9. The van der Waals surface area contributed by atoms with E-state index in [2.05, 4.69) is 10.6 Å². The van der Waals surface area contributed by atoms with E-state index in [-0.39, 0.29) is 22.9 Å². The summed E-state index contributed by atoms with van der Waals surface area (Å²) in [5.74, 6) is -2.85. The minimum Gasteiger partial charge on any atom is -0.394 e. The van der Waals surface area contributed by atoms with Crippen molar-refractivity contribution in [3.8, 4) is 0 Å². The van der Waals surface area contributed by atoms with Gasteiger partial charge in [-0.1, -0.05) is 11.6 Å². The highest BCUT2D eigenvalue weighted by Crippen LogP contribution is 2.28. The smallest absolute Gasteiger partial charge is 0.294 e. The van der Waals surface area contributed by atoms with Crippen LogP contribution in [0.25, 0.3) is 0 Å². The molecule has 0 radical (unpaired) electrons. The number of amides is 2. The fraction of sp³-hybridized carbons (Fsp3) is 0.316. The average Bonchev–Trinajstić information content (AvgIpc) is 2.86. The molecule has 0 aliphatic rings. The molecule has 0 saturated heterocycles. The molecule has 0 saturated carbocycles. The van der Waals surface area contributed by atoms with Gasteiger partial charge in [-0.2, -0.15) is 0 Å². The number of aryl methyl sites for hydroxylation is 1. The van der Waals surface area contributed by atoms with Crippen molar-refractivity contribution < 1.29 is 23.9 Å². The summed E-state index contributed by atoms with van der Waals surface area (Å²) >= 11 is 6.27. The van der Waals surface area contributed by atoms with Gasteiger partial charge in [0, 0.05) is 24.5 Å². The molecule has 2 rings (SSSR count). The molecule has 1 aromatic carbocycles. The Morgan fingerprint density at radius 2 is 1.93 bits per heavy atom. The Bertz CT molecular complexity index is 955. The molecule has 1 aromatic heterocycles. The van der Waals surface area contributed by atoms with Crippen molar-refractivity contribution in [2.45, 2.75) is 26.8 Å². The second kappa shape index (κ2) is 8.53. The molecule has 0 spiro atoms. The van der Waals surface area contributed by atoms with Crippen LogP contribution in [0.1, 0.15) is 39.0 Å². The van der Waals surface area contributed by atoms with Gasteiger partial charge < -0.3 is 20.3 Å². The third-order valence-corrected chi connectivity index (χ3v) is 4.71. The minimum absolute atomic E-state index is 0.0394. The minimum atomic E-state index is -0.940. The van der Waals surface area contributed by atoms with Crippen LogP contribution >= 0.6 is 11.6 Å². The Morgan fingerprint density at radius 3 is 2.50 bits per heavy atom.